The lowest BCUT2D eigenvalue weighted by atomic mass is 9.77. The van der Waals surface area contributed by atoms with Crippen LogP contribution in [-0.4, -0.2) is 31.0 Å². The van der Waals surface area contributed by atoms with E-state index in [-0.39, 0.29) is 13.2 Å². The Bertz CT molecular complexity index is 947. The molecule has 8 heteroatoms. The average Bonchev–Trinajstić information content (AvgIpc) is 2.94. The molecule has 1 fully saturated rings. The molecule has 0 radical (unpaired) electrons. The van der Waals surface area contributed by atoms with Crippen LogP contribution in [-0.2, 0) is 20.7 Å². The van der Waals surface area contributed by atoms with Crippen molar-refractivity contribution in [1.82, 2.24) is 5.32 Å². The molecule has 1 N–H and O–H groups in total. The molecule has 0 saturated carbocycles. The number of carbonyl (C=O) groups excluding carboxylic acids is 1. The maximum atomic E-state index is 12.3. The van der Waals surface area contributed by atoms with Crippen LogP contribution in [0.2, 0.25) is 10.0 Å². The first-order chi connectivity index (χ1) is 14.6. The van der Waals surface area contributed by atoms with E-state index in [2.05, 4.69) is 5.32 Å². The summed E-state index contributed by atoms with van der Waals surface area (Å²) >= 11 is 12.2. The van der Waals surface area contributed by atoms with Crippen molar-refractivity contribution in [2.24, 2.45) is 0 Å². The van der Waals surface area contributed by atoms with Crippen LogP contribution in [0.15, 0.2) is 54.0 Å². The first-order valence-electron chi connectivity index (χ1n) is 10.0. The maximum absolute atomic E-state index is 12.3. The quantitative estimate of drug-likeness (QED) is 0.541. The van der Waals surface area contributed by atoms with Gasteiger partial charge in [-0.25, -0.2) is 4.79 Å². The van der Waals surface area contributed by atoms with Gasteiger partial charge >= 0.3 is 13.2 Å². The maximum Gasteiger partial charge on any atom is 0.492 e. The number of ether oxygens (including phenoxy) is 1. The molecule has 164 valence electrons. The Labute approximate surface area is 193 Å². The Balaban J connectivity index is 1.73. The van der Waals surface area contributed by atoms with Crippen LogP contribution < -0.4 is 5.32 Å². The van der Waals surface area contributed by atoms with Gasteiger partial charge in [-0.3, -0.25) is 0 Å². The van der Waals surface area contributed by atoms with Crippen molar-refractivity contribution in [3.8, 4) is 0 Å². The lowest BCUT2D eigenvalue weighted by molar-refractivity contribution is 0.00578. The van der Waals surface area contributed by atoms with Gasteiger partial charge in [-0.05, 0) is 56.4 Å². The number of rotatable bonds is 6. The van der Waals surface area contributed by atoms with Gasteiger partial charge in [0.05, 0.1) is 21.2 Å². The summed E-state index contributed by atoms with van der Waals surface area (Å²) in [6.45, 7) is 8.28. The van der Waals surface area contributed by atoms with Crippen molar-refractivity contribution < 1.29 is 18.8 Å². The highest BCUT2D eigenvalue weighted by Gasteiger charge is 2.52. The van der Waals surface area contributed by atoms with E-state index in [0.717, 1.165) is 16.6 Å². The highest BCUT2D eigenvalue weighted by Crippen LogP contribution is 2.39. The minimum absolute atomic E-state index is 0.185. The zero-order valence-corrected chi connectivity index (χ0v) is 19.6. The van der Waals surface area contributed by atoms with Gasteiger partial charge < -0.3 is 19.4 Å². The van der Waals surface area contributed by atoms with E-state index >= 15 is 0 Å². The molecule has 1 heterocycles. The van der Waals surface area contributed by atoms with Gasteiger partial charge in [0.15, 0.2) is 0 Å². The summed E-state index contributed by atoms with van der Waals surface area (Å²) in [5.41, 5.74) is 1.44. The molecule has 0 bridgehead atoms. The first-order valence-corrected chi connectivity index (χ1v) is 10.8. The molecule has 2 aromatic rings. The molecule has 1 aliphatic heterocycles. The van der Waals surface area contributed by atoms with Gasteiger partial charge in [0.2, 0.25) is 0 Å². The van der Waals surface area contributed by atoms with Crippen molar-refractivity contribution in [3.05, 3.63) is 75.2 Å². The third kappa shape index (κ3) is 6.04. The van der Waals surface area contributed by atoms with Crippen molar-refractivity contribution in [2.45, 2.75) is 45.5 Å². The minimum atomic E-state index is -0.631. The van der Waals surface area contributed by atoms with Crippen LogP contribution in [0.25, 0.3) is 6.08 Å². The molecule has 2 aromatic carbocycles. The summed E-state index contributed by atoms with van der Waals surface area (Å²) in [6, 6.07) is 14.8. The summed E-state index contributed by atoms with van der Waals surface area (Å²) in [5.74, 6) is 0. The number of benzene rings is 2. The van der Waals surface area contributed by atoms with Crippen LogP contribution in [0.1, 0.15) is 38.8 Å². The van der Waals surface area contributed by atoms with Crippen LogP contribution in [0.3, 0.4) is 0 Å². The second-order valence-corrected chi connectivity index (χ2v) is 9.21. The topological polar surface area (TPSA) is 56.8 Å². The Hall–Kier alpha value is -1.99. The van der Waals surface area contributed by atoms with Gasteiger partial charge in [0.1, 0.15) is 6.61 Å². The lowest BCUT2D eigenvalue weighted by Crippen LogP contribution is -2.41. The van der Waals surface area contributed by atoms with Gasteiger partial charge in [-0.15, -0.1) is 0 Å². The van der Waals surface area contributed by atoms with Crippen LogP contribution in [0.4, 0.5) is 4.79 Å². The average molecular weight is 462 g/mol. The SMILES string of the molecule is CC1(C)OB(C(=Cc2ccc(Cl)c(Cl)c2)CNC(=O)OCc2ccccc2)OC1(C)C. The summed E-state index contributed by atoms with van der Waals surface area (Å²) in [4.78, 5) is 12.3. The molecule has 0 spiro atoms. The fraction of sp³-hybridized carbons (Fsp3) is 0.348. The highest BCUT2D eigenvalue weighted by molar-refractivity contribution is 6.56. The fourth-order valence-electron chi connectivity index (χ4n) is 2.96. The number of hydrogen-bond acceptors (Lipinski definition) is 4. The molecular weight excluding hydrogens is 436 g/mol. The zero-order chi connectivity index (χ0) is 22.6. The number of hydrogen-bond donors (Lipinski definition) is 1. The third-order valence-electron chi connectivity index (χ3n) is 5.50. The predicted molar refractivity (Wildman–Crippen MR) is 125 cm³/mol. The van der Waals surface area contributed by atoms with Gasteiger partial charge in [0.25, 0.3) is 0 Å². The molecule has 0 unspecified atom stereocenters. The lowest BCUT2D eigenvalue weighted by Gasteiger charge is -2.32. The molecule has 5 nitrogen and oxygen atoms in total. The number of alkyl carbamates (subject to hydrolysis) is 1. The van der Waals surface area contributed by atoms with E-state index in [1.807, 2.05) is 70.2 Å². The third-order valence-corrected chi connectivity index (χ3v) is 6.24. The molecule has 1 saturated heterocycles. The predicted octanol–water partition coefficient (Wildman–Crippen LogP) is 5.93. The van der Waals surface area contributed by atoms with Crippen LogP contribution >= 0.6 is 23.2 Å². The molecule has 3 rings (SSSR count). The Morgan fingerprint density at radius 1 is 1.03 bits per heavy atom. The van der Waals surface area contributed by atoms with E-state index in [1.165, 1.54) is 0 Å². The van der Waals surface area contributed by atoms with E-state index in [4.69, 9.17) is 37.2 Å². The van der Waals surface area contributed by atoms with Gasteiger partial charge in [-0.1, -0.05) is 65.7 Å². The second kappa shape index (κ2) is 9.66. The summed E-state index contributed by atoms with van der Waals surface area (Å²) < 4.78 is 17.7. The summed E-state index contributed by atoms with van der Waals surface area (Å²) in [6.07, 6.45) is 1.35. The number of amides is 1. The van der Waals surface area contributed by atoms with Gasteiger partial charge in [-0.2, -0.15) is 0 Å². The minimum Gasteiger partial charge on any atom is -0.445 e. The molecule has 1 amide bonds. The normalized spacial score (nSPS) is 17.5. The smallest absolute Gasteiger partial charge is 0.445 e. The molecule has 0 atom stereocenters. The summed E-state index contributed by atoms with van der Waals surface area (Å²) in [7, 11) is -0.631. The van der Waals surface area contributed by atoms with Gasteiger partial charge in [0, 0.05) is 6.54 Å². The number of carbonyl (C=O) groups is 1. The van der Waals surface area contributed by atoms with E-state index in [0.29, 0.717) is 10.0 Å². The second-order valence-electron chi connectivity index (χ2n) is 8.40. The van der Waals surface area contributed by atoms with Crippen LogP contribution in [0, 0.1) is 0 Å². The monoisotopic (exact) mass is 461 g/mol. The van der Waals surface area contributed by atoms with E-state index in [1.54, 1.807) is 12.1 Å². The van der Waals surface area contributed by atoms with Crippen molar-refractivity contribution >= 4 is 42.5 Å². The van der Waals surface area contributed by atoms with E-state index in [9.17, 15) is 4.79 Å². The van der Waals surface area contributed by atoms with Crippen molar-refractivity contribution in [2.75, 3.05) is 6.54 Å². The molecule has 31 heavy (non-hydrogen) atoms. The first kappa shape index (κ1) is 23.7. The van der Waals surface area contributed by atoms with Crippen molar-refractivity contribution in [3.63, 3.8) is 0 Å². The molecule has 0 aliphatic carbocycles. The number of halogens is 2. The Morgan fingerprint density at radius 3 is 2.29 bits per heavy atom. The zero-order valence-electron chi connectivity index (χ0n) is 18.1. The Kier molecular flexibility index (Phi) is 7.37. The van der Waals surface area contributed by atoms with Crippen LogP contribution in [0.5, 0.6) is 0 Å². The molecular formula is C23H26BCl2NO4. The fourth-order valence-corrected chi connectivity index (χ4v) is 3.27. The highest BCUT2D eigenvalue weighted by atomic mass is 35.5. The largest absolute Gasteiger partial charge is 0.492 e. The standard InChI is InChI=1S/C23H26BCl2NO4/c1-22(2)23(3,4)31-24(30-22)18(12-17-10-11-19(25)20(26)13-17)14-27-21(28)29-15-16-8-6-5-7-9-16/h5-13H,14-15H2,1-4H3,(H,27,28). The molecule has 1 aliphatic rings. The Morgan fingerprint density at radius 2 is 1.68 bits per heavy atom. The van der Waals surface area contributed by atoms with E-state index < -0.39 is 24.4 Å². The molecule has 0 aromatic heterocycles. The van der Waals surface area contributed by atoms with Crippen molar-refractivity contribution in [1.29, 1.82) is 0 Å². The number of nitrogens with one attached hydrogen (secondary N) is 1. The summed E-state index contributed by atoms with van der Waals surface area (Å²) in [5, 5.41) is 3.70.